The highest BCUT2D eigenvalue weighted by atomic mass is 16.7. The Morgan fingerprint density at radius 1 is 1.14 bits per heavy atom. The van der Waals surface area contributed by atoms with Gasteiger partial charge in [-0.15, -0.1) is 0 Å². The molecule has 0 unspecified atom stereocenters. The lowest BCUT2D eigenvalue weighted by molar-refractivity contribution is -0.139. The number of aliphatic hydroxyl groups is 1. The van der Waals surface area contributed by atoms with E-state index in [4.69, 9.17) is 23.8 Å². The largest absolute Gasteiger partial charge is 0.460 e. The number of rotatable bonds is 9. The molecule has 1 aromatic carbocycles. The van der Waals surface area contributed by atoms with Crippen molar-refractivity contribution in [1.29, 1.82) is 0 Å². The number of methoxy groups -OCH3 is 1. The van der Waals surface area contributed by atoms with Crippen LogP contribution in [0.3, 0.4) is 0 Å². The maximum atomic E-state index is 12.7. The molecule has 0 radical (unpaired) electrons. The molecule has 0 atom stereocenters. The van der Waals surface area contributed by atoms with Crippen LogP contribution in [0.1, 0.15) is 37.8 Å². The topological polar surface area (TPSA) is 124 Å². The molecular formula is C20H19NO8. The van der Waals surface area contributed by atoms with Crippen LogP contribution in [0.4, 0.5) is 0 Å². The summed E-state index contributed by atoms with van der Waals surface area (Å²) in [7, 11) is 1.47. The fourth-order valence-corrected chi connectivity index (χ4v) is 2.70. The molecule has 0 aliphatic heterocycles. The number of benzene rings is 1. The van der Waals surface area contributed by atoms with Crippen molar-refractivity contribution in [2.45, 2.75) is 0 Å². The highest BCUT2D eigenvalue weighted by Gasteiger charge is 2.34. The first kappa shape index (κ1) is 20.5. The Labute approximate surface area is 165 Å². The molecule has 1 aromatic heterocycles. The highest BCUT2D eigenvalue weighted by molar-refractivity contribution is 6.27. The van der Waals surface area contributed by atoms with E-state index in [0.717, 1.165) is 6.08 Å². The molecule has 0 fully saturated rings. The number of ether oxygens (including phenoxy) is 2. The summed E-state index contributed by atoms with van der Waals surface area (Å²) in [6, 6.07) is 7.76. The van der Waals surface area contributed by atoms with Gasteiger partial charge in [-0.25, -0.2) is 4.79 Å². The molecule has 1 aliphatic carbocycles. The zero-order chi connectivity index (χ0) is 20.8. The number of carbonyl (C=O) groups is 3. The van der Waals surface area contributed by atoms with Crippen molar-refractivity contribution < 1.29 is 38.2 Å². The third-order valence-electron chi connectivity index (χ3n) is 4.02. The van der Waals surface area contributed by atoms with Crippen LogP contribution in [0, 0.1) is 0 Å². The molecular weight excluding hydrogens is 382 g/mol. The molecule has 29 heavy (non-hydrogen) atoms. The predicted octanol–water partition coefficient (Wildman–Crippen LogP) is 1.10. The lowest BCUT2D eigenvalue weighted by Gasteiger charge is -2.11. The number of esters is 1. The third-order valence-corrected chi connectivity index (χ3v) is 4.02. The molecule has 0 amide bonds. The third kappa shape index (κ3) is 4.43. The minimum atomic E-state index is -0.738. The van der Waals surface area contributed by atoms with Gasteiger partial charge in [0.2, 0.25) is 5.78 Å². The smallest absolute Gasteiger partial charge is 0.334 e. The maximum Gasteiger partial charge on any atom is 0.334 e. The lowest BCUT2D eigenvalue weighted by Crippen LogP contribution is -2.18. The van der Waals surface area contributed by atoms with Gasteiger partial charge >= 0.3 is 5.97 Å². The van der Waals surface area contributed by atoms with E-state index in [-0.39, 0.29) is 66.1 Å². The molecule has 1 aliphatic rings. The molecule has 3 rings (SSSR count). The number of nitrogens with one attached hydrogen (secondary N) is 1. The van der Waals surface area contributed by atoms with Gasteiger partial charge in [-0.1, -0.05) is 24.3 Å². The monoisotopic (exact) mass is 401 g/mol. The molecule has 0 bridgehead atoms. The first-order valence-electron chi connectivity index (χ1n) is 8.77. The molecule has 9 nitrogen and oxygen atoms in total. The molecule has 2 aromatic rings. The van der Waals surface area contributed by atoms with Crippen LogP contribution < -0.4 is 5.48 Å². The summed E-state index contributed by atoms with van der Waals surface area (Å²) in [5.74, 6) is -1.80. The van der Waals surface area contributed by atoms with Crippen molar-refractivity contribution in [3.8, 4) is 0 Å². The second-order valence-corrected chi connectivity index (χ2v) is 5.95. The number of fused-ring (bicyclic) bond motifs is 2. The summed E-state index contributed by atoms with van der Waals surface area (Å²) in [5.41, 5.74) is 3.05. The van der Waals surface area contributed by atoms with Gasteiger partial charge < -0.3 is 23.8 Å². The Bertz CT molecular complexity index is 907. The van der Waals surface area contributed by atoms with E-state index in [1.165, 1.54) is 13.2 Å². The zero-order valence-corrected chi connectivity index (χ0v) is 15.6. The molecule has 9 heteroatoms. The van der Waals surface area contributed by atoms with Crippen LogP contribution in [0.2, 0.25) is 0 Å². The van der Waals surface area contributed by atoms with Crippen LogP contribution in [0.15, 0.2) is 40.8 Å². The van der Waals surface area contributed by atoms with E-state index in [9.17, 15) is 14.4 Å². The molecule has 152 valence electrons. The van der Waals surface area contributed by atoms with Gasteiger partial charge in [0.1, 0.15) is 6.61 Å². The van der Waals surface area contributed by atoms with Gasteiger partial charge in [0.15, 0.2) is 23.1 Å². The summed E-state index contributed by atoms with van der Waals surface area (Å²) < 4.78 is 15.3. The quantitative estimate of drug-likeness (QED) is 0.178. The van der Waals surface area contributed by atoms with Crippen LogP contribution in [-0.4, -0.2) is 56.1 Å². The Morgan fingerprint density at radius 3 is 2.55 bits per heavy atom. The Hall–Kier alpha value is -3.27. The summed E-state index contributed by atoms with van der Waals surface area (Å²) in [4.78, 5) is 42.7. The molecule has 0 saturated carbocycles. The highest BCUT2D eigenvalue weighted by Crippen LogP contribution is 2.32. The molecule has 0 saturated heterocycles. The van der Waals surface area contributed by atoms with Crippen LogP contribution in [0.25, 0.3) is 5.76 Å². The number of carbonyl (C=O) groups excluding carboxylic acids is 3. The van der Waals surface area contributed by atoms with E-state index in [1.54, 1.807) is 24.3 Å². The van der Waals surface area contributed by atoms with Crippen LogP contribution in [0.5, 0.6) is 0 Å². The van der Waals surface area contributed by atoms with Crippen molar-refractivity contribution in [1.82, 2.24) is 5.48 Å². The summed E-state index contributed by atoms with van der Waals surface area (Å²) >= 11 is 0. The van der Waals surface area contributed by atoms with Crippen LogP contribution in [-0.2, 0) is 19.1 Å². The van der Waals surface area contributed by atoms with Crippen molar-refractivity contribution in [3.63, 3.8) is 0 Å². The van der Waals surface area contributed by atoms with Crippen LogP contribution >= 0.6 is 0 Å². The number of furan rings is 1. The van der Waals surface area contributed by atoms with E-state index in [0.29, 0.717) is 0 Å². The van der Waals surface area contributed by atoms with Gasteiger partial charge in [0.25, 0.3) is 0 Å². The first-order chi connectivity index (χ1) is 14.1. The van der Waals surface area contributed by atoms with Gasteiger partial charge in [0, 0.05) is 18.2 Å². The number of hydroxylamine groups is 1. The van der Waals surface area contributed by atoms with E-state index in [2.05, 4.69) is 5.48 Å². The van der Waals surface area contributed by atoms with Crippen molar-refractivity contribution in [3.05, 3.63) is 64.6 Å². The van der Waals surface area contributed by atoms with Gasteiger partial charge in [-0.2, -0.15) is 5.48 Å². The average Bonchev–Trinajstić information content (AvgIpc) is 3.17. The fourth-order valence-electron chi connectivity index (χ4n) is 2.70. The van der Waals surface area contributed by atoms with Gasteiger partial charge in [0.05, 0.1) is 31.4 Å². The minimum absolute atomic E-state index is 0.0152. The summed E-state index contributed by atoms with van der Waals surface area (Å²) in [6.45, 7) is 0.102. The number of hydrogen-bond donors (Lipinski definition) is 2. The number of ketones is 2. The van der Waals surface area contributed by atoms with E-state index < -0.39 is 11.8 Å². The van der Waals surface area contributed by atoms with Gasteiger partial charge in [-0.05, 0) is 6.07 Å². The lowest BCUT2D eigenvalue weighted by atomic mass is 9.88. The Balaban J connectivity index is 1.92. The van der Waals surface area contributed by atoms with Crippen molar-refractivity contribution in [2.75, 3.05) is 33.5 Å². The molecule has 2 N–H and O–H groups in total. The standard InChI is InChI=1S/C20H19NO8/c1-26-8-9-27-17(23)11-16(29-21-6-7-22)15-10-14-18(24)12-4-2-3-5-13(12)19(25)20(14)28-15/h2-5,10-11,21-22H,6-9H2,1H3/b16-11-. The van der Waals surface area contributed by atoms with Gasteiger partial charge in [-0.3, -0.25) is 9.59 Å². The minimum Gasteiger partial charge on any atom is -0.460 e. The second kappa shape index (κ2) is 9.28. The number of hydrogen-bond acceptors (Lipinski definition) is 9. The zero-order valence-electron chi connectivity index (χ0n) is 15.6. The SMILES string of the molecule is COCCOC(=O)/C=C(\ONCCO)c1cc2c(o1)C(=O)c1ccccc1C2=O. The number of aliphatic hydroxyl groups excluding tert-OH is 1. The fraction of sp³-hybridized carbons (Fsp3) is 0.250. The average molecular weight is 401 g/mol. The summed E-state index contributed by atoms with van der Waals surface area (Å²) in [6.07, 6.45) is 1.01. The molecule has 0 spiro atoms. The summed E-state index contributed by atoms with van der Waals surface area (Å²) in [5, 5.41) is 8.90. The predicted molar refractivity (Wildman–Crippen MR) is 99.0 cm³/mol. The second-order valence-electron chi connectivity index (χ2n) is 5.95. The maximum absolute atomic E-state index is 12.7. The normalized spacial score (nSPS) is 13.1. The van der Waals surface area contributed by atoms with Crippen molar-refractivity contribution >= 4 is 23.3 Å². The van der Waals surface area contributed by atoms with E-state index >= 15 is 0 Å². The Kier molecular flexibility index (Phi) is 6.55. The molecule has 1 heterocycles. The van der Waals surface area contributed by atoms with Crippen molar-refractivity contribution in [2.24, 2.45) is 0 Å². The van der Waals surface area contributed by atoms with E-state index in [1.807, 2.05) is 0 Å². The Morgan fingerprint density at radius 2 is 1.86 bits per heavy atom. The first-order valence-corrected chi connectivity index (χ1v) is 8.77.